The predicted molar refractivity (Wildman–Crippen MR) is 93.0 cm³/mol. The highest BCUT2D eigenvalue weighted by atomic mass is 16.6. The number of carbonyl (C=O) groups is 2. The van der Waals surface area contributed by atoms with Gasteiger partial charge in [-0.2, -0.15) is 0 Å². The summed E-state index contributed by atoms with van der Waals surface area (Å²) in [6.07, 6.45) is 1.44. The minimum absolute atomic E-state index is 0.0443. The van der Waals surface area contributed by atoms with Crippen LogP contribution in [0.25, 0.3) is 0 Å². The van der Waals surface area contributed by atoms with Crippen LogP contribution < -0.4 is 20.3 Å². The van der Waals surface area contributed by atoms with E-state index in [2.05, 4.69) is 10.3 Å². The number of amides is 1. The maximum atomic E-state index is 12.4. The first-order valence-corrected chi connectivity index (χ1v) is 8.58. The number of aromatic amines is 1. The van der Waals surface area contributed by atoms with Gasteiger partial charge in [-0.15, -0.1) is 0 Å². The van der Waals surface area contributed by atoms with Crippen LogP contribution in [-0.4, -0.2) is 35.9 Å². The van der Waals surface area contributed by atoms with E-state index in [0.717, 1.165) is 0 Å². The van der Waals surface area contributed by atoms with Crippen molar-refractivity contribution < 1.29 is 19.1 Å². The summed E-state index contributed by atoms with van der Waals surface area (Å²) in [5.41, 5.74) is 0.508. The van der Waals surface area contributed by atoms with Crippen LogP contribution in [0.1, 0.15) is 39.3 Å². The molecule has 134 valence electrons. The van der Waals surface area contributed by atoms with Gasteiger partial charge < -0.3 is 19.8 Å². The first-order chi connectivity index (χ1) is 12.6. The van der Waals surface area contributed by atoms with Crippen molar-refractivity contribution in [2.75, 3.05) is 13.2 Å². The number of aromatic nitrogens is 1. The van der Waals surface area contributed by atoms with Gasteiger partial charge in [0.15, 0.2) is 17.3 Å². The third-order valence-corrected chi connectivity index (χ3v) is 4.56. The van der Waals surface area contributed by atoms with E-state index in [1.54, 1.807) is 6.07 Å². The number of H-pyrrole nitrogens is 1. The second-order valence-electron chi connectivity index (χ2n) is 6.39. The number of para-hydroxylation sites is 2. The fourth-order valence-electron chi connectivity index (χ4n) is 3.21. The molecule has 1 aliphatic carbocycles. The Morgan fingerprint density at radius 3 is 2.85 bits per heavy atom. The molecule has 1 atom stereocenters. The number of hydrogen-bond donors (Lipinski definition) is 2. The Morgan fingerprint density at radius 2 is 2.00 bits per heavy atom. The molecule has 7 nitrogen and oxygen atoms in total. The number of ether oxygens (including phenoxy) is 2. The van der Waals surface area contributed by atoms with Crippen molar-refractivity contribution in [3.05, 3.63) is 57.5 Å². The standard InChI is InChI=1S/C19H18N2O5/c22-15-5-3-4-14-12(15)8-13(19(24)21-14)18(23)20-9-11-10-25-16-6-1-2-7-17(16)26-11/h1-2,6-8,11H,3-5,9-10H2,(H,20,23)(H,21,24). The van der Waals surface area contributed by atoms with Crippen LogP contribution in [0.2, 0.25) is 0 Å². The molecule has 0 radical (unpaired) electrons. The number of fused-ring (bicyclic) bond motifs is 2. The van der Waals surface area contributed by atoms with E-state index >= 15 is 0 Å². The number of hydrogen-bond acceptors (Lipinski definition) is 5. The molecule has 2 aliphatic rings. The average molecular weight is 354 g/mol. The van der Waals surface area contributed by atoms with Gasteiger partial charge in [0.25, 0.3) is 11.5 Å². The quantitative estimate of drug-likeness (QED) is 0.870. The zero-order valence-corrected chi connectivity index (χ0v) is 14.0. The van der Waals surface area contributed by atoms with Crippen LogP contribution in [0.4, 0.5) is 0 Å². The van der Waals surface area contributed by atoms with Gasteiger partial charge in [0.2, 0.25) is 0 Å². The van der Waals surface area contributed by atoms with Crippen LogP contribution in [0.5, 0.6) is 11.5 Å². The van der Waals surface area contributed by atoms with Crippen LogP contribution >= 0.6 is 0 Å². The monoisotopic (exact) mass is 354 g/mol. The number of benzene rings is 1. The fraction of sp³-hybridized carbons (Fsp3) is 0.316. The summed E-state index contributed by atoms with van der Waals surface area (Å²) < 4.78 is 11.4. The smallest absolute Gasteiger partial charge is 0.261 e. The molecular formula is C19H18N2O5. The second-order valence-corrected chi connectivity index (χ2v) is 6.39. The lowest BCUT2D eigenvalue weighted by molar-refractivity contribution is 0.0788. The lowest BCUT2D eigenvalue weighted by atomic mass is 9.93. The van der Waals surface area contributed by atoms with Gasteiger partial charge in [0.1, 0.15) is 18.3 Å². The van der Waals surface area contributed by atoms with E-state index in [1.165, 1.54) is 6.07 Å². The summed E-state index contributed by atoms with van der Waals surface area (Å²) in [6.45, 7) is 0.494. The summed E-state index contributed by atoms with van der Waals surface area (Å²) in [5, 5.41) is 2.69. The Labute approximate surface area is 149 Å². The van der Waals surface area contributed by atoms with Crippen molar-refractivity contribution in [1.82, 2.24) is 10.3 Å². The topological polar surface area (TPSA) is 97.5 Å². The van der Waals surface area contributed by atoms with Gasteiger partial charge in [0.05, 0.1) is 6.54 Å². The molecule has 1 aromatic heterocycles. The minimum atomic E-state index is -0.533. The lowest BCUT2D eigenvalue weighted by Gasteiger charge is -2.26. The molecular weight excluding hydrogens is 336 g/mol. The number of ketones is 1. The van der Waals surface area contributed by atoms with Gasteiger partial charge in [-0.05, 0) is 31.0 Å². The Morgan fingerprint density at radius 1 is 1.19 bits per heavy atom. The van der Waals surface area contributed by atoms with E-state index in [-0.39, 0.29) is 24.0 Å². The summed E-state index contributed by atoms with van der Waals surface area (Å²) in [7, 11) is 0. The average Bonchev–Trinajstić information content (AvgIpc) is 2.65. The summed E-state index contributed by atoms with van der Waals surface area (Å²) in [5.74, 6) is 0.710. The van der Waals surface area contributed by atoms with Crippen molar-refractivity contribution in [2.24, 2.45) is 0 Å². The summed E-state index contributed by atoms with van der Waals surface area (Å²) in [6, 6.07) is 8.70. The lowest BCUT2D eigenvalue weighted by Crippen LogP contribution is -2.42. The van der Waals surface area contributed by atoms with Crippen molar-refractivity contribution in [1.29, 1.82) is 0 Å². The van der Waals surface area contributed by atoms with Gasteiger partial charge in [0, 0.05) is 17.7 Å². The number of nitrogens with one attached hydrogen (secondary N) is 2. The number of pyridine rings is 1. The molecule has 2 N–H and O–H groups in total. The largest absolute Gasteiger partial charge is 0.486 e. The van der Waals surface area contributed by atoms with Crippen molar-refractivity contribution >= 4 is 11.7 Å². The van der Waals surface area contributed by atoms with Crippen LogP contribution in [-0.2, 0) is 6.42 Å². The molecule has 1 amide bonds. The molecule has 1 aromatic carbocycles. The molecule has 0 saturated carbocycles. The SMILES string of the molecule is O=C1CCCc2[nH]c(=O)c(C(=O)NCC3COc4ccccc4O3)cc21. The van der Waals surface area contributed by atoms with Gasteiger partial charge in [-0.3, -0.25) is 14.4 Å². The maximum Gasteiger partial charge on any atom is 0.261 e. The molecule has 7 heteroatoms. The number of carbonyl (C=O) groups excluding carboxylic acids is 2. The number of Topliss-reactive ketones (excluding diaryl/α,β-unsaturated/α-hetero) is 1. The molecule has 26 heavy (non-hydrogen) atoms. The Hall–Kier alpha value is -3.09. The van der Waals surface area contributed by atoms with Crippen LogP contribution in [0, 0.1) is 0 Å². The minimum Gasteiger partial charge on any atom is -0.486 e. The molecule has 2 heterocycles. The fourth-order valence-corrected chi connectivity index (χ4v) is 3.21. The van der Waals surface area contributed by atoms with Crippen LogP contribution in [0.15, 0.2) is 35.1 Å². The Bertz CT molecular complexity index is 934. The zero-order valence-electron chi connectivity index (χ0n) is 14.0. The van der Waals surface area contributed by atoms with E-state index in [0.29, 0.717) is 48.6 Å². The van der Waals surface area contributed by atoms with E-state index < -0.39 is 11.5 Å². The molecule has 0 bridgehead atoms. The van der Waals surface area contributed by atoms with Gasteiger partial charge >= 0.3 is 0 Å². The predicted octanol–water partition coefficient (Wildman–Crippen LogP) is 1.46. The van der Waals surface area contributed by atoms with Gasteiger partial charge in [-0.1, -0.05) is 12.1 Å². The van der Waals surface area contributed by atoms with E-state index in [1.807, 2.05) is 18.2 Å². The van der Waals surface area contributed by atoms with Crippen LogP contribution in [0.3, 0.4) is 0 Å². The number of aryl methyl sites for hydroxylation is 1. The third kappa shape index (κ3) is 3.08. The maximum absolute atomic E-state index is 12.4. The second kappa shape index (κ2) is 6.67. The molecule has 1 aliphatic heterocycles. The highest BCUT2D eigenvalue weighted by Gasteiger charge is 2.24. The van der Waals surface area contributed by atoms with Crippen molar-refractivity contribution in [3.8, 4) is 11.5 Å². The summed E-state index contributed by atoms with van der Waals surface area (Å²) in [4.78, 5) is 39.2. The van der Waals surface area contributed by atoms with E-state index in [9.17, 15) is 14.4 Å². The highest BCUT2D eigenvalue weighted by Crippen LogP contribution is 2.30. The Balaban J connectivity index is 1.45. The Kier molecular flexibility index (Phi) is 4.20. The van der Waals surface area contributed by atoms with Gasteiger partial charge in [-0.25, -0.2) is 0 Å². The molecule has 0 spiro atoms. The third-order valence-electron chi connectivity index (χ3n) is 4.56. The number of rotatable bonds is 3. The molecule has 0 fully saturated rings. The van der Waals surface area contributed by atoms with Crippen molar-refractivity contribution in [3.63, 3.8) is 0 Å². The molecule has 0 saturated heterocycles. The zero-order chi connectivity index (χ0) is 18.1. The van der Waals surface area contributed by atoms with Crippen molar-refractivity contribution in [2.45, 2.75) is 25.4 Å². The molecule has 2 aromatic rings. The highest BCUT2D eigenvalue weighted by molar-refractivity contribution is 6.01. The molecule has 4 rings (SSSR count). The first kappa shape index (κ1) is 16.4. The normalized spacial score (nSPS) is 18.2. The molecule has 1 unspecified atom stereocenters. The van der Waals surface area contributed by atoms with E-state index in [4.69, 9.17) is 9.47 Å². The first-order valence-electron chi connectivity index (χ1n) is 8.58. The summed E-state index contributed by atoms with van der Waals surface area (Å²) >= 11 is 0.